The fourth-order valence-electron chi connectivity index (χ4n) is 1.43. The van der Waals surface area contributed by atoms with Crippen molar-refractivity contribution in [1.82, 2.24) is 0 Å². The number of hydrogen-bond acceptors (Lipinski definition) is 2. The zero-order chi connectivity index (χ0) is 8.55. The molecule has 1 aromatic carbocycles. The van der Waals surface area contributed by atoms with Gasteiger partial charge in [-0.2, -0.15) is 0 Å². The third-order valence-corrected chi connectivity index (χ3v) is 1.99. The molecule has 0 unspecified atom stereocenters. The third-order valence-electron chi connectivity index (χ3n) is 1.99. The molecule has 12 heavy (non-hydrogen) atoms. The summed E-state index contributed by atoms with van der Waals surface area (Å²) >= 11 is 0. The lowest BCUT2D eigenvalue weighted by atomic mass is 10.1. The highest BCUT2D eigenvalue weighted by atomic mass is 16.3. The predicted octanol–water partition coefficient (Wildman–Crippen LogP) is 2.20. The van der Waals surface area contributed by atoms with Gasteiger partial charge in [0.15, 0.2) is 0 Å². The quantitative estimate of drug-likeness (QED) is 0.696. The Hall–Kier alpha value is -1.28. The van der Waals surface area contributed by atoms with Crippen LogP contribution in [0.3, 0.4) is 0 Å². The van der Waals surface area contributed by atoms with Crippen molar-refractivity contribution in [2.75, 3.05) is 0 Å². The summed E-state index contributed by atoms with van der Waals surface area (Å²) in [6.07, 6.45) is 0. The number of fused-ring (bicyclic) bond motifs is 1. The van der Waals surface area contributed by atoms with Crippen LogP contribution in [0.1, 0.15) is 11.3 Å². The molecule has 2 rings (SSSR count). The standard InChI is InChI=1S/C10H11NO/c1-7-5-9-8(6-11)3-2-4-10(9)12-7/h2-5H,6,11H2,1H3. The van der Waals surface area contributed by atoms with E-state index in [-0.39, 0.29) is 0 Å². The molecular weight excluding hydrogens is 150 g/mol. The first-order valence-electron chi connectivity index (χ1n) is 3.99. The van der Waals surface area contributed by atoms with Gasteiger partial charge in [-0.1, -0.05) is 12.1 Å². The lowest BCUT2D eigenvalue weighted by molar-refractivity contribution is 0.578. The molecule has 0 spiro atoms. The van der Waals surface area contributed by atoms with Crippen molar-refractivity contribution in [2.45, 2.75) is 13.5 Å². The van der Waals surface area contributed by atoms with E-state index in [4.69, 9.17) is 10.2 Å². The average Bonchev–Trinajstić information content (AvgIpc) is 2.44. The minimum Gasteiger partial charge on any atom is -0.461 e. The summed E-state index contributed by atoms with van der Waals surface area (Å²) in [4.78, 5) is 0. The molecule has 2 N–H and O–H groups in total. The lowest BCUT2D eigenvalue weighted by Gasteiger charge is -1.95. The SMILES string of the molecule is Cc1cc2c(CN)cccc2o1. The fraction of sp³-hybridized carbons (Fsp3) is 0.200. The molecule has 0 radical (unpaired) electrons. The van der Waals surface area contributed by atoms with Crippen LogP contribution in [0.2, 0.25) is 0 Å². The van der Waals surface area contributed by atoms with Gasteiger partial charge in [0.25, 0.3) is 0 Å². The molecule has 0 saturated heterocycles. The Morgan fingerprint density at radius 3 is 3.00 bits per heavy atom. The summed E-state index contributed by atoms with van der Waals surface area (Å²) in [5.41, 5.74) is 7.65. The first kappa shape index (κ1) is 7.37. The molecule has 2 aromatic rings. The van der Waals surface area contributed by atoms with Gasteiger partial charge in [-0.3, -0.25) is 0 Å². The van der Waals surface area contributed by atoms with Gasteiger partial charge in [-0.25, -0.2) is 0 Å². The summed E-state index contributed by atoms with van der Waals surface area (Å²) in [7, 11) is 0. The van der Waals surface area contributed by atoms with E-state index in [1.54, 1.807) is 0 Å². The Bertz CT molecular complexity index is 403. The smallest absolute Gasteiger partial charge is 0.134 e. The highest BCUT2D eigenvalue weighted by Crippen LogP contribution is 2.21. The molecule has 1 heterocycles. The molecule has 0 bridgehead atoms. The summed E-state index contributed by atoms with van der Waals surface area (Å²) < 4.78 is 5.45. The molecule has 2 nitrogen and oxygen atoms in total. The molecule has 2 heteroatoms. The number of rotatable bonds is 1. The van der Waals surface area contributed by atoms with Crippen molar-refractivity contribution >= 4 is 11.0 Å². The minimum absolute atomic E-state index is 0.566. The van der Waals surface area contributed by atoms with Crippen LogP contribution in [0.4, 0.5) is 0 Å². The van der Waals surface area contributed by atoms with Crippen molar-refractivity contribution in [2.24, 2.45) is 5.73 Å². The first-order valence-corrected chi connectivity index (χ1v) is 3.99. The van der Waals surface area contributed by atoms with Gasteiger partial charge in [0, 0.05) is 11.9 Å². The van der Waals surface area contributed by atoms with Gasteiger partial charge in [0.1, 0.15) is 11.3 Å². The first-order chi connectivity index (χ1) is 5.81. The van der Waals surface area contributed by atoms with Gasteiger partial charge in [-0.15, -0.1) is 0 Å². The summed E-state index contributed by atoms with van der Waals surface area (Å²) in [6, 6.07) is 7.98. The number of benzene rings is 1. The lowest BCUT2D eigenvalue weighted by Crippen LogP contribution is -1.95. The summed E-state index contributed by atoms with van der Waals surface area (Å²) in [5.74, 6) is 0.936. The molecule has 0 atom stereocenters. The molecule has 0 aliphatic heterocycles. The second-order valence-corrected chi connectivity index (χ2v) is 2.89. The van der Waals surface area contributed by atoms with Crippen LogP contribution >= 0.6 is 0 Å². The second-order valence-electron chi connectivity index (χ2n) is 2.89. The highest BCUT2D eigenvalue weighted by molar-refractivity contribution is 5.81. The second kappa shape index (κ2) is 2.64. The van der Waals surface area contributed by atoms with Gasteiger partial charge in [-0.05, 0) is 24.6 Å². The maximum absolute atomic E-state index is 5.58. The Labute approximate surface area is 71.0 Å². The third kappa shape index (κ3) is 1.01. The maximum Gasteiger partial charge on any atom is 0.134 e. The van der Waals surface area contributed by atoms with E-state index in [0.717, 1.165) is 22.3 Å². The fourth-order valence-corrected chi connectivity index (χ4v) is 1.43. The zero-order valence-corrected chi connectivity index (χ0v) is 7.00. The van der Waals surface area contributed by atoms with Gasteiger partial charge < -0.3 is 10.2 Å². The van der Waals surface area contributed by atoms with Gasteiger partial charge >= 0.3 is 0 Å². The van der Waals surface area contributed by atoms with E-state index in [2.05, 4.69) is 0 Å². The van der Waals surface area contributed by atoms with E-state index in [0.29, 0.717) is 6.54 Å². The van der Waals surface area contributed by atoms with E-state index in [1.165, 1.54) is 0 Å². The average molecular weight is 161 g/mol. The largest absolute Gasteiger partial charge is 0.461 e. The zero-order valence-electron chi connectivity index (χ0n) is 7.00. The predicted molar refractivity (Wildman–Crippen MR) is 48.8 cm³/mol. The van der Waals surface area contributed by atoms with E-state index < -0.39 is 0 Å². The molecular formula is C10H11NO. The Morgan fingerprint density at radius 2 is 2.25 bits per heavy atom. The highest BCUT2D eigenvalue weighted by Gasteiger charge is 2.02. The maximum atomic E-state index is 5.58. The number of furan rings is 1. The van der Waals surface area contributed by atoms with Crippen LogP contribution in [-0.4, -0.2) is 0 Å². The van der Waals surface area contributed by atoms with Crippen molar-refractivity contribution in [1.29, 1.82) is 0 Å². The molecule has 0 aliphatic rings. The van der Waals surface area contributed by atoms with E-state index in [1.807, 2.05) is 31.2 Å². The number of nitrogens with two attached hydrogens (primary N) is 1. The normalized spacial score (nSPS) is 10.8. The Morgan fingerprint density at radius 1 is 1.42 bits per heavy atom. The molecule has 0 amide bonds. The van der Waals surface area contributed by atoms with Crippen molar-refractivity contribution < 1.29 is 4.42 Å². The number of hydrogen-bond donors (Lipinski definition) is 1. The summed E-state index contributed by atoms with van der Waals surface area (Å²) in [5, 5.41) is 1.14. The van der Waals surface area contributed by atoms with Gasteiger partial charge in [0.05, 0.1) is 0 Å². The topological polar surface area (TPSA) is 39.2 Å². The molecule has 62 valence electrons. The Balaban J connectivity index is 2.78. The van der Waals surface area contributed by atoms with Crippen LogP contribution in [0, 0.1) is 6.92 Å². The van der Waals surface area contributed by atoms with E-state index >= 15 is 0 Å². The van der Waals surface area contributed by atoms with Gasteiger partial charge in [0.2, 0.25) is 0 Å². The van der Waals surface area contributed by atoms with Crippen LogP contribution in [0.5, 0.6) is 0 Å². The number of aryl methyl sites for hydroxylation is 1. The van der Waals surface area contributed by atoms with E-state index in [9.17, 15) is 0 Å². The van der Waals surface area contributed by atoms with Crippen molar-refractivity contribution in [3.05, 3.63) is 35.6 Å². The monoisotopic (exact) mass is 161 g/mol. The molecule has 0 fully saturated rings. The Kier molecular flexibility index (Phi) is 1.62. The van der Waals surface area contributed by atoms with Crippen LogP contribution < -0.4 is 5.73 Å². The van der Waals surface area contributed by atoms with Crippen molar-refractivity contribution in [3.8, 4) is 0 Å². The minimum atomic E-state index is 0.566. The molecule has 0 saturated carbocycles. The summed E-state index contributed by atoms with van der Waals surface area (Å²) in [6.45, 7) is 2.51. The van der Waals surface area contributed by atoms with Crippen molar-refractivity contribution in [3.63, 3.8) is 0 Å². The molecule has 1 aromatic heterocycles. The van der Waals surface area contributed by atoms with Crippen LogP contribution in [0.25, 0.3) is 11.0 Å². The van der Waals surface area contributed by atoms with Crippen LogP contribution in [-0.2, 0) is 6.54 Å². The van der Waals surface area contributed by atoms with Crippen LogP contribution in [0.15, 0.2) is 28.7 Å². The molecule has 0 aliphatic carbocycles.